The quantitative estimate of drug-likeness (QED) is 0.772. The SMILES string of the molecule is [CH2][C@H]1C[C@@H](n2ccc3c(OCc4ccc(Cl)cc4)ncnc32)C[C@@H]1O. The van der Waals surface area contributed by atoms with Crippen LogP contribution in [-0.2, 0) is 6.61 Å². The Morgan fingerprint density at radius 3 is 2.72 bits per heavy atom. The first-order valence-corrected chi connectivity index (χ1v) is 8.69. The molecule has 1 saturated carbocycles. The molecular weight excluding hydrogens is 338 g/mol. The number of hydrogen-bond acceptors (Lipinski definition) is 4. The van der Waals surface area contributed by atoms with Crippen LogP contribution in [0.1, 0.15) is 24.4 Å². The molecule has 1 radical (unpaired) electrons. The molecule has 5 nitrogen and oxygen atoms in total. The second-order valence-electron chi connectivity index (χ2n) is 6.51. The predicted octanol–water partition coefficient (Wildman–Crippen LogP) is 3.81. The number of benzene rings is 1. The summed E-state index contributed by atoms with van der Waals surface area (Å²) >= 11 is 5.91. The van der Waals surface area contributed by atoms with E-state index in [1.807, 2.05) is 36.5 Å². The zero-order valence-electron chi connectivity index (χ0n) is 13.7. The molecule has 4 rings (SSSR count). The van der Waals surface area contributed by atoms with Crippen molar-refractivity contribution >= 4 is 22.6 Å². The molecule has 3 aromatic rings. The summed E-state index contributed by atoms with van der Waals surface area (Å²) in [6, 6.07) is 9.71. The minimum Gasteiger partial charge on any atom is -0.472 e. The minimum atomic E-state index is -0.357. The summed E-state index contributed by atoms with van der Waals surface area (Å²) in [5.74, 6) is 0.619. The summed E-state index contributed by atoms with van der Waals surface area (Å²) in [6.07, 6.45) is 4.69. The van der Waals surface area contributed by atoms with Crippen LogP contribution in [0, 0.1) is 12.8 Å². The van der Waals surface area contributed by atoms with Crippen LogP contribution in [0.2, 0.25) is 5.02 Å². The number of fused-ring (bicyclic) bond motifs is 1. The maximum atomic E-state index is 9.98. The summed E-state index contributed by atoms with van der Waals surface area (Å²) in [5.41, 5.74) is 1.85. The van der Waals surface area contributed by atoms with Gasteiger partial charge in [0.25, 0.3) is 0 Å². The number of rotatable bonds is 4. The van der Waals surface area contributed by atoms with E-state index in [-0.39, 0.29) is 18.1 Å². The van der Waals surface area contributed by atoms with Crippen LogP contribution in [0.5, 0.6) is 5.88 Å². The summed E-state index contributed by atoms with van der Waals surface area (Å²) in [5, 5.41) is 11.6. The second kappa shape index (κ2) is 6.65. The molecule has 1 aliphatic carbocycles. The molecule has 6 heteroatoms. The zero-order valence-corrected chi connectivity index (χ0v) is 14.4. The minimum absolute atomic E-state index is 0.0601. The Labute approximate surface area is 151 Å². The van der Waals surface area contributed by atoms with Crippen LogP contribution in [0.3, 0.4) is 0 Å². The Hall–Kier alpha value is -2.11. The Balaban J connectivity index is 1.57. The van der Waals surface area contributed by atoms with Gasteiger partial charge in [-0.1, -0.05) is 23.7 Å². The third kappa shape index (κ3) is 3.22. The smallest absolute Gasteiger partial charge is 0.226 e. The molecule has 0 saturated heterocycles. The van der Waals surface area contributed by atoms with Gasteiger partial charge in [0, 0.05) is 17.3 Å². The van der Waals surface area contributed by atoms with Crippen molar-refractivity contribution in [3.05, 3.63) is 60.4 Å². The van der Waals surface area contributed by atoms with Crippen molar-refractivity contribution in [3.63, 3.8) is 0 Å². The van der Waals surface area contributed by atoms with Gasteiger partial charge in [0.05, 0.1) is 11.5 Å². The van der Waals surface area contributed by atoms with Gasteiger partial charge in [0.1, 0.15) is 18.6 Å². The number of aromatic nitrogens is 3. The lowest BCUT2D eigenvalue weighted by Gasteiger charge is -2.13. The number of halogens is 1. The molecule has 25 heavy (non-hydrogen) atoms. The molecule has 2 aromatic heterocycles. The predicted molar refractivity (Wildman–Crippen MR) is 96.4 cm³/mol. The second-order valence-corrected chi connectivity index (χ2v) is 6.94. The molecule has 1 fully saturated rings. The molecule has 0 amide bonds. The van der Waals surface area contributed by atoms with Gasteiger partial charge in [-0.25, -0.2) is 9.97 Å². The van der Waals surface area contributed by atoms with Gasteiger partial charge >= 0.3 is 0 Å². The lowest BCUT2D eigenvalue weighted by atomic mass is 10.1. The maximum absolute atomic E-state index is 9.98. The third-order valence-corrected chi connectivity index (χ3v) is 5.04. The van der Waals surface area contributed by atoms with Gasteiger partial charge in [0.15, 0.2) is 0 Å². The Bertz CT molecular complexity index is 868. The fourth-order valence-electron chi connectivity index (χ4n) is 3.39. The molecule has 1 aromatic carbocycles. The largest absolute Gasteiger partial charge is 0.472 e. The van der Waals surface area contributed by atoms with E-state index in [0.29, 0.717) is 23.9 Å². The van der Waals surface area contributed by atoms with Gasteiger partial charge in [-0.3, -0.25) is 0 Å². The number of nitrogens with zero attached hydrogens (tertiary/aromatic N) is 3. The van der Waals surface area contributed by atoms with E-state index in [4.69, 9.17) is 16.3 Å². The molecule has 0 aliphatic heterocycles. The number of hydrogen-bond donors (Lipinski definition) is 1. The summed E-state index contributed by atoms with van der Waals surface area (Å²) in [6.45, 7) is 4.43. The van der Waals surface area contributed by atoms with E-state index in [2.05, 4.69) is 21.5 Å². The molecule has 0 spiro atoms. The molecule has 129 valence electrons. The van der Waals surface area contributed by atoms with Crippen LogP contribution < -0.4 is 4.74 Å². The summed E-state index contributed by atoms with van der Waals surface area (Å²) < 4.78 is 7.99. The fraction of sp³-hybridized carbons (Fsp3) is 0.316. The van der Waals surface area contributed by atoms with E-state index in [1.54, 1.807) is 0 Å². The highest BCUT2D eigenvalue weighted by Gasteiger charge is 2.31. The van der Waals surface area contributed by atoms with Crippen molar-refractivity contribution < 1.29 is 9.84 Å². The van der Waals surface area contributed by atoms with Crippen LogP contribution in [0.15, 0.2) is 42.9 Å². The Kier molecular flexibility index (Phi) is 4.36. The van der Waals surface area contributed by atoms with E-state index in [1.165, 1.54) is 6.33 Å². The third-order valence-electron chi connectivity index (χ3n) is 4.79. The summed E-state index contributed by atoms with van der Waals surface area (Å²) in [7, 11) is 0. The monoisotopic (exact) mass is 356 g/mol. The molecule has 1 aliphatic rings. The average molecular weight is 357 g/mol. The molecule has 0 bridgehead atoms. The number of ether oxygens (including phenoxy) is 1. The maximum Gasteiger partial charge on any atom is 0.226 e. The standard InChI is InChI=1S/C19H19ClN3O2/c1-12-8-15(9-17(12)24)23-7-6-16-18(23)21-11-22-19(16)25-10-13-2-4-14(20)5-3-13/h2-7,11-12,15,17,24H,1,8-10H2/t12-,15+,17-/m0/s1. The van der Waals surface area contributed by atoms with Crippen LogP contribution >= 0.6 is 11.6 Å². The topological polar surface area (TPSA) is 60.2 Å². The lowest BCUT2D eigenvalue weighted by molar-refractivity contribution is 0.149. The first kappa shape index (κ1) is 16.4. The van der Waals surface area contributed by atoms with Crippen LogP contribution in [0.4, 0.5) is 0 Å². The Morgan fingerprint density at radius 2 is 2.00 bits per heavy atom. The molecule has 3 atom stereocenters. The van der Waals surface area contributed by atoms with Crippen LogP contribution in [0.25, 0.3) is 11.0 Å². The van der Waals surface area contributed by atoms with Gasteiger partial charge in [-0.05, 0) is 49.4 Å². The van der Waals surface area contributed by atoms with Gasteiger partial charge in [-0.15, -0.1) is 0 Å². The van der Waals surface area contributed by atoms with Gasteiger partial charge in [0.2, 0.25) is 5.88 Å². The first-order chi connectivity index (χ1) is 12.1. The molecule has 0 unspecified atom stereocenters. The molecular formula is C19H19ClN3O2. The normalized spacial score (nSPS) is 23.2. The highest BCUT2D eigenvalue weighted by molar-refractivity contribution is 6.30. The van der Waals surface area contributed by atoms with E-state index in [0.717, 1.165) is 23.0 Å². The molecule has 2 heterocycles. The van der Waals surface area contributed by atoms with Crippen molar-refractivity contribution in [2.45, 2.75) is 31.6 Å². The van der Waals surface area contributed by atoms with E-state index < -0.39 is 0 Å². The highest BCUT2D eigenvalue weighted by Crippen LogP contribution is 2.37. The Morgan fingerprint density at radius 1 is 1.20 bits per heavy atom. The van der Waals surface area contributed by atoms with Crippen molar-refractivity contribution in [1.29, 1.82) is 0 Å². The van der Waals surface area contributed by atoms with Crippen molar-refractivity contribution in [2.75, 3.05) is 0 Å². The fourth-order valence-corrected chi connectivity index (χ4v) is 3.52. The van der Waals surface area contributed by atoms with E-state index >= 15 is 0 Å². The zero-order chi connectivity index (χ0) is 17.4. The lowest BCUT2D eigenvalue weighted by Crippen LogP contribution is -2.09. The number of aliphatic hydroxyl groups is 1. The van der Waals surface area contributed by atoms with Gasteiger partial charge in [-0.2, -0.15) is 0 Å². The average Bonchev–Trinajstić information content (AvgIpc) is 3.18. The van der Waals surface area contributed by atoms with Crippen LogP contribution in [-0.4, -0.2) is 25.7 Å². The van der Waals surface area contributed by atoms with Crippen molar-refractivity contribution in [3.8, 4) is 5.88 Å². The molecule has 1 N–H and O–H groups in total. The van der Waals surface area contributed by atoms with Crippen molar-refractivity contribution in [1.82, 2.24) is 14.5 Å². The highest BCUT2D eigenvalue weighted by atomic mass is 35.5. The van der Waals surface area contributed by atoms with Gasteiger partial charge < -0.3 is 14.4 Å². The van der Waals surface area contributed by atoms with E-state index in [9.17, 15) is 5.11 Å². The summed E-state index contributed by atoms with van der Waals surface area (Å²) in [4.78, 5) is 8.69. The number of aliphatic hydroxyl groups excluding tert-OH is 1. The van der Waals surface area contributed by atoms with Crippen molar-refractivity contribution in [2.24, 2.45) is 5.92 Å². The first-order valence-electron chi connectivity index (χ1n) is 8.32.